The number of aromatic amines is 1. The van der Waals surface area contributed by atoms with Gasteiger partial charge in [0.25, 0.3) is 17.6 Å². The van der Waals surface area contributed by atoms with Gasteiger partial charge >= 0.3 is 18.3 Å². The number of fused-ring (bicyclic) bond motifs is 2. The highest BCUT2D eigenvalue weighted by Gasteiger charge is 2.38. The number of carbonyl (C=O) groups excluding carboxylic acids is 3. The molecule has 0 bridgehead atoms. The minimum atomic E-state index is -5.19. The van der Waals surface area contributed by atoms with Crippen LogP contribution in [0.1, 0.15) is 53.4 Å². The van der Waals surface area contributed by atoms with Crippen molar-refractivity contribution in [2.75, 3.05) is 32.0 Å². The molecule has 1 saturated heterocycles. The number of H-pyrrole nitrogens is 1. The first-order valence-electron chi connectivity index (χ1n) is 18.3. The van der Waals surface area contributed by atoms with Gasteiger partial charge in [-0.1, -0.05) is 0 Å². The number of benzene rings is 1. The SMILES string of the molecule is CCn1c(CNC(=O)c2nc3cc[nH]c3nc2N)[n+](CC)c2ccc(C(=O)NC3CCN(C[C@H](O)[C@@H](O)[C@H](O)[C@H](O)CO)CC3)cc21.O=C(O)C(F)(F)F.O=C([O-])C(F)(F)F. The van der Waals surface area contributed by atoms with Crippen LogP contribution in [0.3, 0.4) is 0 Å². The van der Waals surface area contributed by atoms with Gasteiger partial charge < -0.3 is 66.8 Å². The van der Waals surface area contributed by atoms with E-state index >= 15 is 0 Å². The van der Waals surface area contributed by atoms with Crippen LogP contribution >= 0.6 is 0 Å². The number of halogens is 6. The number of hydrogen-bond acceptors (Lipinski definition) is 14. The van der Waals surface area contributed by atoms with Crippen molar-refractivity contribution in [1.82, 2.24) is 35.1 Å². The van der Waals surface area contributed by atoms with Gasteiger partial charge in [-0.05, 0) is 44.9 Å². The Hall–Kier alpha value is -5.67. The zero-order valence-electron chi connectivity index (χ0n) is 32.4. The summed E-state index contributed by atoms with van der Waals surface area (Å²) in [5.41, 5.74) is 9.39. The number of carbonyl (C=O) groups is 4. The summed E-state index contributed by atoms with van der Waals surface area (Å²) in [6.45, 7) is 5.90. The van der Waals surface area contributed by atoms with Gasteiger partial charge in [-0.3, -0.25) is 9.59 Å². The number of nitrogens with two attached hydrogens (primary N) is 1. The summed E-state index contributed by atoms with van der Waals surface area (Å²) >= 11 is 0. The lowest BCUT2D eigenvalue weighted by molar-refractivity contribution is -0.676. The standard InChI is InChI=1S/C31H43N9O7.2C2HF3O2/c1-3-39-20-6-5-17(30(46)35-18-8-11-38(12-9-18)15-22(42)26(44)27(45)23(43)16-41)13-21(20)40(4-2)24(39)14-34-31(47)25-28(32)37-29-19(36-25)7-10-33-29;2*3-2(4,5)1(6)7/h5-7,10,13,18,22-23,26-27,41-45H,3-4,8-9,11-12,14-16H2,1-2H3,(H4-,32,33,34,35,36,37,46,47);2*(H,6,7)/t22-,23+,26+,27+;;/m0../s1. The van der Waals surface area contributed by atoms with Crippen molar-refractivity contribution < 1.29 is 85.8 Å². The summed E-state index contributed by atoms with van der Waals surface area (Å²) in [6, 6.07) is 7.17. The van der Waals surface area contributed by atoms with E-state index in [0.29, 0.717) is 55.7 Å². The molecule has 5 rings (SSSR count). The number of likely N-dealkylation sites (tertiary alicyclic amines) is 1. The zero-order chi connectivity index (χ0) is 46.0. The summed E-state index contributed by atoms with van der Waals surface area (Å²) in [5.74, 6) is -5.53. The van der Waals surface area contributed by atoms with Crippen LogP contribution in [-0.2, 0) is 29.2 Å². The second kappa shape index (κ2) is 21.2. The highest BCUT2D eigenvalue weighted by Crippen LogP contribution is 2.20. The minimum Gasteiger partial charge on any atom is -0.542 e. The van der Waals surface area contributed by atoms with E-state index in [9.17, 15) is 56.4 Å². The van der Waals surface area contributed by atoms with Crippen LogP contribution in [0, 0.1) is 0 Å². The molecule has 1 fully saturated rings. The maximum atomic E-state index is 13.3. The molecule has 0 spiro atoms. The Morgan fingerprint density at radius 1 is 0.967 bits per heavy atom. The number of nitrogen functional groups attached to an aromatic ring is 1. The number of carboxylic acid groups (broad SMARTS) is 2. The number of amides is 2. The summed E-state index contributed by atoms with van der Waals surface area (Å²) in [6.07, 6.45) is -13.5. The number of nitrogens with one attached hydrogen (secondary N) is 3. The molecule has 26 heteroatoms. The van der Waals surface area contributed by atoms with Crippen LogP contribution in [0.25, 0.3) is 22.2 Å². The number of aliphatic hydroxyl groups is 5. The van der Waals surface area contributed by atoms with Crippen molar-refractivity contribution in [3.8, 4) is 0 Å². The van der Waals surface area contributed by atoms with Crippen molar-refractivity contribution in [1.29, 1.82) is 0 Å². The van der Waals surface area contributed by atoms with Crippen molar-refractivity contribution in [3.63, 3.8) is 0 Å². The van der Waals surface area contributed by atoms with Crippen LogP contribution in [0.15, 0.2) is 30.5 Å². The first-order valence-corrected chi connectivity index (χ1v) is 18.3. The fraction of sp³-hybridized carbons (Fsp3) is 0.514. The molecule has 338 valence electrons. The van der Waals surface area contributed by atoms with E-state index in [4.69, 9.17) is 30.6 Å². The lowest BCUT2D eigenvalue weighted by atomic mass is 10.0. The Labute approximate surface area is 341 Å². The van der Waals surface area contributed by atoms with Gasteiger partial charge in [0.15, 0.2) is 28.2 Å². The van der Waals surface area contributed by atoms with Crippen LogP contribution in [-0.4, -0.2) is 148 Å². The topological polar surface area (TPSA) is 316 Å². The van der Waals surface area contributed by atoms with Gasteiger partial charge in [0, 0.05) is 43.5 Å². The number of piperidine rings is 1. The molecular weight excluding hydrogens is 836 g/mol. The molecule has 1 aliphatic rings. The van der Waals surface area contributed by atoms with E-state index in [2.05, 4.69) is 34.7 Å². The Kier molecular flexibility index (Phi) is 17.3. The molecule has 11 N–H and O–H groups in total. The van der Waals surface area contributed by atoms with E-state index in [0.717, 1.165) is 16.9 Å². The van der Waals surface area contributed by atoms with E-state index in [1.54, 1.807) is 18.3 Å². The van der Waals surface area contributed by atoms with E-state index in [-0.39, 0.29) is 36.6 Å². The summed E-state index contributed by atoms with van der Waals surface area (Å²) in [7, 11) is 0. The molecule has 2 amide bonds. The summed E-state index contributed by atoms with van der Waals surface area (Å²) in [4.78, 5) is 57.5. The molecule has 4 atom stereocenters. The van der Waals surface area contributed by atoms with Crippen LogP contribution < -0.4 is 26.0 Å². The predicted molar refractivity (Wildman–Crippen MR) is 196 cm³/mol. The molecule has 1 aromatic carbocycles. The number of nitrogens with zero attached hydrogens (tertiary/aromatic N) is 5. The quantitative estimate of drug-likeness (QED) is 0.0530. The van der Waals surface area contributed by atoms with Crippen molar-refractivity contribution in [3.05, 3.63) is 47.5 Å². The van der Waals surface area contributed by atoms with Gasteiger partial charge in [0.05, 0.1) is 25.8 Å². The summed E-state index contributed by atoms with van der Waals surface area (Å²) < 4.78 is 67.4. The smallest absolute Gasteiger partial charge is 0.490 e. The Morgan fingerprint density at radius 3 is 2.08 bits per heavy atom. The number of carboxylic acids is 2. The molecule has 0 aliphatic carbocycles. The molecule has 4 aromatic rings. The summed E-state index contributed by atoms with van der Waals surface area (Å²) in [5, 5.41) is 70.8. The lowest BCUT2D eigenvalue weighted by Crippen LogP contribution is -2.52. The monoisotopic (exact) mass is 881 g/mol. The number of aromatic nitrogens is 5. The number of aryl methyl sites for hydroxylation is 2. The Balaban J connectivity index is 0.000000609. The first kappa shape index (κ1) is 49.7. The average Bonchev–Trinajstić information content (AvgIpc) is 3.79. The van der Waals surface area contributed by atoms with Crippen LogP contribution in [0.4, 0.5) is 32.2 Å². The zero-order valence-corrected chi connectivity index (χ0v) is 32.4. The second-order valence-electron chi connectivity index (χ2n) is 13.4. The first-order chi connectivity index (χ1) is 28.4. The van der Waals surface area contributed by atoms with Gasteiger partial charge in [-0.15, -0.1) is 0 Å². The van der Waals surface area contributed by atoms with Gasteiger partial charge in [-0.2, -0.15) is 26.3 Å². The predicted octanol–water partition coefficient (Wildman–Crippen LogP) is -1.69. The fourth-order valence-corrected chi connectivity index (χ4v) is 6.19. The third-order valence-electron chi connectivity index (χ3n) is 9.28. The number of aliphatic carboxylic acids is 2. The third-order valence-corrected chi connectivity index (χ3v) is 9.28. The molecule has 3 aromatic heterocycles. The van der Waals surface area contributed by atoms with Gasteiger partial charge in [0.1, 0.15) is 36.3 Å². The van der Waals surface area contributed by atoms with Gasteiger partial charge in [-0.25, -0.2) is 23.9 Å². The number of hydrogen-bond donors (Lipinski definition) is 10. The lowest BCUT2D eigenvalue weighted by Gasteiger charge is -2.35. The fourth-order valence-electron chi connectivity index (χ4n) is 6.19. The minimum absolute atomic E-state index is 0.0318. The molecule has 4 heterocycles. The van der Waals surface area contributed by atoms with Crippen LogP contribution in [0.5, 0.6) is 0 Å². The van der Waals surface area contributed by atoms with Gasteiger partial charge in [0.2, 0.25) is 0 Å². The van der Waals surface area contributed by atoms with E-state index < -0.39 is 61.2 Å². The molecule has 0 saturated carbocycles. The number of imidazole rings is 1. The molecule has 20 nitrogen and oxygen atoms in total. The maximum Gasteiger partial charge on any atom is 0.490 e. The molecule has 0 radical (unpaired) electrons. The number of anilines is 1. The van der Waals surface area contributed by atoms with Crippen molar-refractivity contribution >= 4 is 51.8 Å². The molecule has 0 unspecified atom stereocenters. The van der Waals surface area contributed by atoms with Crippen LogP contribution in [0.2, 0.25) is 0 Å². The van der Waals surface area contributed by atoms with E-state index in [1.807, 2.05) is 30.9 Å². The van der Waals surface area contributed by atoms with E-state index in [1.165, 1.54) is 0 Å². The molecule has 61 heavy (non-hydrogen) atoms. The number of aliphatic hydroxyl groups excluding tert-OH is 5. The number of alkyl halides is 6. The molecular formula is C35H45F6N9O11. The average molecular weight is 882 g/mol. The van der Waals surface area contributed by atoms with Crippen molar-refractivity contribution in [2.45, 2.75) is 89.1 Å². The third kappa shape index (κ3) is 13.2. The van der Waals surface area contributed by atoms with Crippen molar-refractivity contribution in [2.24, 2.45) is 0 Å². The Morgan fingerprint density at radius 2 is 1.56 bits per heavy atom. The maximum absolute atomic E-state index is 13.3. The number of β-amino-alcohol motifs (C(OH)–C–C–N with tert-alkyl or cyclic N) is 1. The molecule has 1 aliphatic heterocycles. The Bertz CT molecular complexity index is 2120. The highest BCUT2D eigenvalue weighted by molar-refractivity contribution is 5.98. The second-order valence-corrected chi connectivity index (χ2v) is 13.4. The normalized spacial score (nSPS) is 15.8. The largest absolute Gasteiger partial charge is 0.542 e. The highest BCUT2D eigenvalue weighted by atomic mass is 19.4. The number of rotatable bonds is 13.